The second kappa shape index (κ2) is 20.9. The highest BCUT2D eigenvalue weighted by Gasteiger charge is 2.18. The largest absolute Gasteiger partial charge is 0.379 e. The van der Waals surface area contributed by atoms with Gasteiger partial charge in [-0.05, 0) is 12.5 Å². The van der Waals surface area contributed by atoms with Crippen LogP contribution in [0.4, 0.5) is 17.1 Å². The van der Waals surface area contributed by atoms with Crippen molar-refractivity contribution in [2.24, 2.45) is 0 Å². The van der Waals surface area contributed by atoms with Crippen LogP contribution in [0.1, 0.15) is 39.0 Å². The molecule has 0 unspecified atom stereocenters. The third-order valence-electron chi connectivity index (χ3n) is 4.83. The minimum atomic E-state index is -0.674. The second-order valence-electron chi connectivity index (χ2n) is 7.62. The van der Waals surface area contributed by atoms with Crippen LogP contribution in [0.2, 0.25) is 0 Å². The molecule has 0 aliphatic rings. The first kappa shape index (κ1) is 30.7. The summed E-state index contributed by atoms with van der Waals surface area (Å²) in [5.41, 5.74) is -0.484. The molecule has 0 saturated carbocycles. The topological polar surface area (TPSA) is 144 Å². The lowest BCUT2D eigenvalue weighted by Crippen LogP contribution is -2.15. The van der Waals surface area contributed by atoms with Gasteiger partial charge in [0.15, 0.2) is 0 Å². The molecular formula is C23H39N3O9. The van der Waals surface area contributed by atoms with Crippen LogP contribution in [0.15, 0.2) is 18.2 Å². The quantitative estimate of drug-likeness (QED) is 0.125. The summed E-state index contributed by atoms with van der Waals surface area (Å²) in [5.74, 6) is 0. The van der Waals surface area contributed by atoms with Gasteiger partial charge in [-0.1, -0.05) is 32.6 Å². The Labute approximate surface area is 206 Å². The van der Waals surface area contributed by atoms with Crippen molar-refractivity contribution in [2.75, 3.05) is 77.9 Å². The summed E-state index contributed by atoms with van der Waals surface area (Å²) in [5, 5.41) is 24.7. The molecule has 0 saturated heterocycles. The van der Waals surface area contributed by atoms with Crippen molar-refractivity contribution in [3.63, 3.8) is 0 Å². The van der Waals surface area contributed by atoms with Gasteiger partial charge in [0.25, 0.3) is 11.4 Å². The molecule has 200 valence electrons. The Hall–Kier alpha value is -2.38. The average molecular weight is 502 g/mol. The Balaban J connectivity index is 1.88. The van der Waals surface area contributed by atoms with Crippen LogP contribution in [0.3, 0.4) is 0 Å². The van der Waals surface area contributed by atoms with E-state index in [2.05, 4.69) is 12.2 Å². The maximum absolute atomic E-state index is 11.1. The molecular weight excluding hydrogens is 462 g/mol. The third kappa shape index (κ3) is 16.0. The normalized spacial score (nSPS) is 11.0. The number of nitrogens with one attached hydrogen (secondary N) is 1. The van der Waals surface area contributed by atoms with Crippen molar-refractivity contribution < 1.29 is 33.5 Å². The van der Waals surface area contributed by atoms with E-state index in [1.807, 2.05) is 0 Å². The number of benzene rings is 1. The van der Waals surface area contributed by atoms with Gasteiger partial charge < -0.3 is 29.0 Å². The first-order chi connectivity index (χ1) is 17.1. The number of ether oxygens (including phenoxy) is 5. The molecule has 12 heteroatoms. The number of rotatable bonds is 24. The van der Waals surface area contributed by atoms with Crippen molar-refractivity contribution in [3.05, 3.63) is 38.4 Å². The minimum Gasteiger partial charge on any atom is -0.379 e. The molecule has 0 aliphatic carbocycles. The van der Waals surface area contributed by atoms with Crippen LogP contribution in [0.25, 0.3) is 0 Å². The lowest BCUT2D eigenvalue weighted by atomic mass is 10.2. The van der Waals surface area contributed by atoms with Crippen molar-refractivity contribution in [2.45, 2.75) is 39.0 Å². The Morgan fingerprint density at radius 1 is 0.686 bits per heavy atom. The SMILES string of the molecule is CCCCCCCOCCOCCOCCOCCOCCNc1ccc([N+](=O)[O-])cc1[N+](=O)[O-]. The van der Waals surface area contributed by atoms with Crippen molar-refractivity contribution in [1.82, 2.24) is 0 Å². The molecule has 1 rings (SSSR count). The standard InChI is InChI=1S/C23H39N3O9/c1-2-3-4-5-6-10-31-12-14-33-16-18-35-19-17-34-15-13-32-11-9-24-22-8-7-21(25(27)28)20-23(22)26(29)30/h7-8,20,24H,2-6,9-19H2,1H3. The van der Waals surface area contributed by atoms with Gasteiger partial charge in [-0.15, -0.1) is 0 Å². The summed E-state index contributed by atoms with van der Waals surface area (Å²) in [4.78, 5) is 20.5. The zero-order valence-electron chi connectivity index (χ0n) is 20.6. The van der Waals surface area contributed by atoms with Crippen LogP contribution in [-0.4, -0.2) is 82.5 Å². The Morgan fingerprint density at radius 2 is 1.20 bits per heavy atom. The molecule has 0 aliphatic heterocycles. The number of nitrogens with zero attached hydrogens (tertiary/aromatic N) is 2. The molecule has 0 heterocycles. The molecule has 0 amide bonds. The lowest BCUT2D eigenvalue weighted by Gasteiger charge is -2.09. The van der Waals surface area contributed by atoms with E-state index in [1.54, 1.807) is 0 Å². The van der Waals surface area contributed by atoms with E-state index in [0.717, 1.165) is 19.1 Å². The average Bonchev–Trinajstić information content (AvgIpc) is 2.84. The van der Waals surface area contributed by atoms with Gasteiger partial charge in [-0.2, -0.15) is 0 Å². The number of anilines is 1. The van der Waals surface area contributed by atoms with Gasteiger partial charge in [0.05, 0.1) is 75.4 Å². The minimum absolute atomic E-state index is 0.201. The highest BCUT2D eigenvalue weighted by atomic mass is 16.6. The molecule has 0 bridgehead atoms. The van der Waals surface area contributed by atoms with E-state index in [4.69, 9.17) is 23.7 Å². The fourth-order valence-electron chi connectivity index (χ4n) is 2.98. The Morgan fingerprint density at radius 3 is 1.71 bits per heavy atom. The zero-order chi connectivity index (χ0) is 25.6. The van der Waals surface area contributed by atoms with Crippen molar-refractivity contribution in [1.29, 1.82) is 0 Å². The summed E-state index contributed by atoms with van der Waals surface area (Å²) >= 11 is 0. The lowest BCUT2D eigenvalue weighted by molar-refractivity contribution is -0.393. The van der Waals surface area contributed by atoms with Gasteiger partial charge >= 0.3 is 0 Å². The van der Waals surface area contributed by atoms with Gasteiger partial charge in [0, 0.05) is 19.2 Å². The van der Waals surface area contributed by atoms with Gasteiger partial charge in [-0.3, -0.25) is 20.2 Å². The maximum atomic E-state index is 11.1. The first-order valence-electron chi connectivity index (χ1n) is 12.1. The van der Waals surface area contributed by atoms with E-state index in [0.29, 0.717) is 66.0 Å². The number of non-ortho nitro benzene ring substituents is 1. The number of nitro groups is 2. The van der Waals surface area contributed by atoms with E-state index in [9.17, 15) is 20.2 Å². The first-order valence-corrected chi connectivity index (χ1v) is 12.1. The summed E-state index contributed by atoms with van der Waals surface area (Å²) < 4.78 is 27.2. The third-order valence-corrected chi connectivity index (χ3v) is 4.83. The van der Waals surface area contributed by atoms with Gasteiger partial charge in [-0.25, -0.2) is 0 Å². The Kier molecular flexibility index (Phi) is 18.3. The molecule has 0 spiro atoms. The van der Waals surface area contributed by atoms with Crippen LogP contribution < -0.4 is 5.32 Å². The van der Waals surface area contributed by atoms with Crippen LogP contribution in [0.5, 0.6) is 0 Å². The predicted octanol–water partition coefficient (Wildman–Crippen LogP) is 3.97. The monoisotopic (exact) mass is 501 g/mol. The molecule has 0 aromatic heterocycles. The molecule has 35 heavy (non-hydrogen) atoms. The number of hydrogen-bond donors (Lipinski definition) is 1. The molecule has 0 radical (unpaired) electrons. The number of unbranched alkanes of at least 4 members (excludes halogenated alkanes) is 4. The molecule has 0 atom stereocenters. The smallest absolute Gasteiger partial charge is 0.299 e. The van der Waals surface area contributed by atoms with Crippen LogP contribution >= 0.6 is 0 Å². The van der Waals surface area contributed by atoms with E-state index < -0.39 is 9.85 Å². The highest BCUT2D eigenvalue weighted by molar-refractivity contribution is 5.65. The highest BCUT2D eigenvalue weighted by Crippen LogP contribution is 2.28. The van der Waals surface area contributed by atoms with E-state index in [1.165, 1.54) is 37.8 Å². The van der Waals surface area contributed by atoms with Crippen molar-refractivity contribution in [3.8, 4) is 0 Å². The second-order valence-corrected chi connectivity index (χ2v) is 7.62. The summed E-state index contributed by atoms with van der Waals surface area (Å²) in [6, 6.07) is 3.45. The fraction of sp³-hybridized carbons (Fsp3) is 0.739. The fourth-order valence-corrected chi connectivity index (χ4v) is 2.98. The molecule has 12 nitrogen and oxygen atoms in total. The molecule has 1 aromatic carbocycles. The molecule has 1 N–H and O–H groups in total. The van der Waals surface area contributed by atoms with Crippen LogP contribution in [-0.2, 0) is 23.7 Å². The zero-order valence-corrected chi connectivity index (χ0v) is 20.6. The molecule has 0 fully saturated rings. The summed E-state index contributed by atoms with van der Waals surface area (Å²) in [6.07, 6.45) is 6.16. The molecule has 1 aromatic rings. The maximum Gasteiger partial charge on any atom is 0.299 e. The Bertz CT molecular complexity index is 707. The number of nitro benzene ring substituents is 2. The predicted molar refractivity (Wildman–Crippen MR) is 131 cm³/mol. The van der Waals surface area contributed by atoms with Gasteiger partial charge in [0.2, 0.25) is 0 Å². The van der Waals surface area contributed by atoms with Gasteiger partial charge in [0.1, 0.15) is 5.69 Å². The van der Waals surface area contributed by atoms with Crippen LogP contribution in [0, 0.1) is 20.2 Å². The van der Waals surface area contributed by atoms with Crippen molar-refractivity contribution >= 4 is 17.1 Å². The summed E-state index contributed by atoms with van der Waals surface area (Å²) in [7, 11) is 0. The van der Waals surface area contributed by atoms with E-state index in [-0.39, 0.29) is 17.1 Å². The van der Waals surface area contributed by atoms with E-state index >= 15 is 0 Å². The number of hydrogen-bond acceptors (Lipinski definition) is 10. The summed E-state index contributed by atoms with van der Waals surface area (Å²) in [6.45, 7) is 7.47.